The lowest BCUT2D eigenvalue weighted by molar-refractivity contribution is -0.132. The molecule has 1 aliphatic heterocycles. The van der Waals surface area contributed by atoms with E-state index in [0.29, 0.717) is 16.8 Å². The molecule has 0 spiro atoms. The highest BCUT2D eigenvalue weighted by Crippen LogP contribution is 2.42. The lowest BCUT2D eigenvalue weighted by atomic mass is 9.94. The van der Waals surface area contributed by atoms with Crippen molar-refractivity contribution in [2.75, 3.05) is 4.90 Å². The van der Waals surface area contributed by atoms with Gasteiger partial charge < -0.3 is 5.11 Å². The van der Waals surface area contributed by atoms with Crippen LogP contribution in [0.15, 0.2) is 82.8 Å². The predicted octanol–water partition coefficient (Wildman–Crippen LogP) is 5.52. The standard InChI is InChI=1S/C24H17BrFNO3/c1-14-12-16(10-11-19(14)26)22(28)20-21(15-6-3-2-4-7-15)27(24(30)23(20)29)18-9-5-8-17(25)13-18/h2-13,21,28H,1H3/b22-20+. The maximum absolute atomic E-state index is 13.7. The average molecular weight is 466 g/mol. The van der Waals surface area contributed by atoms with E-state index in [-0.39, 0.29) is 16.9 Å². The molecule has 0 aromatic heterocycles. The van der Waals surface area contributed by atoms with Crippen LogP contribution in [0, 0.1) is 12.7 Å². The SMILES string of the molecule is Cc1cc(/C(O)=C2\C(=O)C(=O)N(c3cccc(Br)c3)C2c2ccccc2)ccc1F. The van der Waals surface area contributed by atoms with E-state index in [0.717, 1.165) is 4.47 Å². The number of rotatable bonds is 3. The molecule has 3 aromatic rings. The first-order chi connectivity index (χ1) is 14.4. The number of halogens is 2. The average Bonchev–Trinajstić information content (AvgIpc) is 3.01. The zero-order valence-electron chi connectivity index (χ0n) is 16.0. The third-order valence-electron chi connectivity index (χ3n) is 5.08. The molecule has 0 saturated carbocycles. The molecule has 0 aliphatic carbocycles. The number of nitrogens with zero attached hydrogens (tertiary/aromatic N) is 1. The maximum atomic E-state index is 13.7. The fourth-order valence-corrected chi connectivity index (χ4v) is 4.01. The number of hydrogen-bond donors (Lipinski definition) is 1. The third kappa shape index (κ3) is 3.44. The van der Waals surface area contributed by atoms with Crippen molar-refractivity contribution in [3.05, 3.63) is 105 Å². The van der Waals surface area contributed by atoms with Gasteiger partial charge in [0.15, 0.2) is 0 Å². The van der Waals surface area contributed by atoms with Crippen LogP contribution in [0.25, 0.3) is 5.76 Å². The second-order valence-corrected chi connectivity index (χ2v) is 7.94. The maximum Gasteiger partial charge on any atom is 0.300 e. The van der Waals surface area contributed by atoms with E-state index >= 15 is 0 Å². The quantitative estimate of drug-likeness (QED) is 0.314. The first-order valence-electron chi connectivity index (χ1n) is 9.26. The van der Waals surface area contributed by atoms with Gasteiger partial charge in [-0.2, -0.15) is 0 Å². The summed E-state index contributed by atoms with van der Waals surface area (Å²) in [7, 11) is 0. The summed E-state index contributed by atoms with van der Waals surface area (Å²) in [5, 5.41) is 11.0. The highest BCUT2D eigenvalue weighted by atomic mass is 79.9. The minimum Gasteiger partial charge on any atom is -0.507 e. The molecule has 0 radical (unpaired) electrons. The van der Waals surface area contributed by atoms with Crippen LogP contribution in [0.3, 0.4) is 0 Å². The number of aliphatic hydroxyl groups is 1. The van der Waals surface area contributed by atoms with Gasteiger partial charge >= 0.3 is 0 Å². The van der Waals surface area contributed by atoms with Gasteiger partial charge in [0.1, 0.15) is 11.6 Å². The molecule has 4 rings (SSSR count). The summed E-state index contributed by atoms with van der Waals surface area (Å²) >= 11 is 3.40. The molecule has 3 aromatic carbocycles. The Hall–Kier alpha value is -3.25. The van der Waals surface area contributed by atoms with Gasteiger partial charge in [-0.1, -0.05) is 52.3 Å². The smallest absolute Gasteiger partial charge is 0.300 e. The number of ketones is 1. The van der Waals surface area contributed by atoms with E-state index in [1.54, 1.807) is 49.4 Å². The molecule has 1 fully saturated rings. The molecule has 1 heterocycles. The minimum absolute atomic E-state index is 0.0304. The number of aliphatic hydroxyl groups excluding tert-OH is 1. The molecular weight excluding hydrogens is 449 g/mol. The molecule has 1 aliphatic rings. The fraction of sp³-hybridized carbons (Fsp3) is 0.0833. The Balaban J connectivity index is 1.95. The van der Waals surface area contributed by atoms with E-state index in [2.05, 4.69) is 15.9 Å². The second-order valence-electron chi connectivity index (χ2n) is 7.02. The molecule has 0 bridgehead atoms. The lowest BCUT2D eigenvalue weighted by Crippen LogP contribution is -2.29. The van der Waals surface area contributed by atoms with Crippen molar-refractivity contribution < 1.29 is 19.1 Å². The van der Waals surface area contributed by atoms with Crippen LogP contribution in [0.1, 0.15) is 22.7 Å². The van der Waals surface area contributed by atoms with E-state index in [4.69, 9.17) is 0 Å². The largest absolute Gasteiger partial charge is 0.507 e. The van der Waals surface area contributed by atoms with Gasteiger partial charge in [-0.25, -0.2) is 4.39 Å². The number of aryl methyl sites for hydroxylation is 1. The van der Waals surface area contributed by atoms with Gasteiger partial charge in [-0.05, 0) is 54.4 Å². The van der Waals surface area contributed by atoms with E-state index in [9.17, 15) is 19.1 Å². The monoisotopic (exact) mass is 465 g/mol. The van der Waals surface area contributed by atoms with Crippen LogP contribution in [0.4, 0.5) is 10.1 Å². The van der Waals surface area contributed by atoms with Gasteiger partial charge in [-0.15, -0.1) is 0 Å². The van der Waals surface area contributed by atoms with Crippen LogP contribution < -0.4 is 4.90 Å². The van der Waals surface area contributed by atoms with Crippen molar-refractivity contribution in [2.45, 2.75) is 13.0 Å². The van der Waals surface area contributed by atoms with Crippen molar-refractivity contribution in [1.82, 2.24) is 0 Å². The van der Waals surface area contributed by atoms with Gasteiger partial charge in [0.05, 0.1) is 11.6 Å². The Kier molecular flexibility index (Phi) is 5.26. The molecule has 1 saturated heterocycles. The summed E-state index contributed by atoms with van der Waals surface area (Å²) in [4.78, 5) is 27.4. The normalized spacial score (nSPS) is 18.1. The van der Waals surface area contributed by atoms with Crippen LogP contribution >= 0.6 is 15.9 Å². The molecule has 30 heavy (non-hydrogen) atoms. The summed E-state index contributed by atoms with van der Waals surface area (Å²) in [5.74, 6) is -2.27. The summed E-state index contributed by atoms with van der Waals surface area (Å²) < 4.78 is 14.5. The highest BCUT2D eigenvalue weighted by Gasteiger charge is 2.46. The number of hydrogen-bond acceptors (Lipinski definition) is 3. The Labute approximate surface area is 181 Å². The molecule has 1 N–H and O–H groups in total. The molecule has 1 unspecified atom stereocenters. The number of amides is 1. The highest BCUT2D eigenvalue weighted by molar-refractivity contribution is 9.10. The van der Waals surface area contributed by atoms with Crippen LogP contribution in [-0.4, -0.2) is 16.8 Å². The summed E-state index contributed by atoms with van der Waals surface area (Å²) in [6.45, 7) is 1.57. The van der Waals surface area contributed by atoms with Crippen LogP contribution in [0.2, 0.25) is 0 Å². The molecular formula is C24H17BrFNO3. The number of anilines is 1. The Morgan fingerprint density at radius 2 is 1.73 bits per heavy atom. The second kappa shape index (κ2) is 7.88. The van der Waals surface area contributed by atoms with Gasteiger partial charge in [0.25, 0.3) is 11.7 Å². The van der Waals surface area contributed by atoms with Crippen molar-refractivity contribution in [1.29, 1.82) is 0 Å². The van der Waals surface area contributed by atoms with E-state index < -0.39 is 23.5 Å². The van der Waals surface area contributed by atoms with Gasteiger partial charge in [0.2, 0.25) is 0 Å². The van der Waals surface area contributed by atoms with Crippen LogP contribution in [-0.2, 0) is 9.59 Å². The third-order valence-corrected chi connectivity index (χ3v) is 5.57. The van der Waals surface area contributed by atoms with Crippen LogP contribution in [0.5, 0.6) is 0 Å². The fourth-order valence-electron chi connectivity index (χ4n) is 3.62. The van der Waals surface area contributed by atoms with E-state index in [1.807, 2.05) is 12.1 Å². The molecule has 1 amide bonds. The van der Waals surface area contributed by atoms with Crippen molar-refractivity contribution in [2.24, 2.45) is 0 Å². The number of carbonyl (C=O) groups is 2. The minimum atomic E-state index is -0.814. The first-order valence-corrected chi connectivity index (χ1v) is 10.1. The number of carbonyl (C=O) groups excluding carboxylic acids is 2. The summed E-state index contributed by atoms with van der Waals surface area (Å²) in [6, 6.07) is 19.4. The lowest BCUT2D eigenvalue weighted by Gasteiger charge is -2.25. The first kappa shape index (κ1) is 20.0. The Morgan fingerprint density at radius 1 is 1.00 bits per heavy atom. The topological polar surface area (TPSA) is 57.6 Å². The molecule has 6 heteroatoms. The Morgan fingerprint density at radius 3 is 2.40 bits per heavy atom. The molecule has 1 atom stereocenters. The molecule has 150 valence electrons. The van der Waals surface area contributed by atoms with Gasteiger partial charge in [-0.3, -0.25) is 14.5 Å². The molecule has 4 nitrogen and oxygen atoms in total. The van der Waals surface area contributed by atoms with Crippen molar-refractivity contribution in [3.63, 3.8) is 0 Å². The zero-order chi connectivity index (χ0) is 21.4. The van der Waals surface area contributed by atoms with E-state index in [1.165, 1.54) is 23.1 Å². The Bertz CT molecular complexity index is 1190. The van der Waals surface area contributed by atoms with Gasteiger partial charge in [0, 0.05) is 15.7 Å². The van der Waals surface area contributed by atoms with Crippen molar-refractivity contribution >= 4 is 39.1 Å². The number of Topliss-reactive ketones (excluding diaryl/α,β-unsaturated/α-hetero) is 1. The number of benzene rings is 3. The zero-order valence-corrected chi connectivity index (χ0v) is 17.6. The predicted molar refractivity (Wildman–Crippen MR) is 117 cm³/mol. The summed E-state index contributed by atoms with van der Waals surface area (Å²) in [6.07, 6.45) is 0. The summed E-state index contributed by atoms with van der Waals surface area (Å²) in [5.41, 5.74) is 1.78. The van der Waals surface area contributed by atoms with Crippen molar-refractivity contribution in [3.8, 4) is 0 Å².